The maximum Gasteiger partial charge on any atom is 0.224 e. The molecule has 0 N–H and O–H groups in total. The second kappa shape index (κ2) is 9.22. The number of aryl methyl sites for hydroxylation is 2. The number of benzene rings is 1. The number of rotatable bonds is 9. The van der Waals surface area contributed by atoms with Crippen LogP contribution in [0.3, 0.4) is 0 Å². The fourth-order valence-corrected chi connectivity index (χ4v) is 2.84. The number of methoxy groups -OCH3 is 2. The van der Waals surface area contributed by atoms with Gasteiger partial charge in [-0.3, -0.25) is 4.79 Å². The van der Waals surface area contributed by atoms with E-state index in [1.807, 2.05) is 53.8 Å². The summed E-state index contributed by atoms with van der Waals surface area (Å²) in [5, 5.41) is 0. The molecule has 6 nitrogen and oxygen atoms in total. The molecule has 1 aromatic heterocycles. The Bertz CT molecular complexity index is 684. The van der Waals surface area contributed by atoms with Crippen molar-refractivity contribution in [2.75, 3.05) is 20.8 Å². The molecule has 0 radical (unpaired) electrons. The highest BCUT2D eigenvalue weighted by atomic mass is 16.5. The lowest BCUT2D eigenvalue weighted by Gasteiger charge is -2.29. The lowest BCUT2D eigenvalue weighted by atomic mass is 10.1. The first-order valence-electron chi connectivity index (χ1n) is 8.44. The predicted molar refractivity (Wildman–Crippen MR) is 96.5 cm³/mol. The van der Waals surface area contributed by atoms with Gasteiger partial charge in [0.15, 0.2) is 0 Å². The Morgan fingerprint density at radius 3 is 2.72 bits per heavy atom. The summed E-state index contributed by atoms with van der Waals surface area (Å²) < 4.78 is 12.7. The number of carbonyl (C=O) groups is 1. The van der Waals surface area contributed by atoms with Crippen LogP contribution in [-0.4, -0.2) is 47.2 Å². The molecular weight excluding hydrogens is 318 g/mol. The third-order valence-electron chi connectivity index (χ3n) is 4.28. The molecule has 1 aromatic carbocycles. The number of amides is 1. The standard InChI is InChI=1S/C19H27N3O3/c1-15(14-24-3)22(13-17-7-5-6-8-18(17)25-4)19(23)9-11-21-12-10-20-16(21)2/h5-8,10,12,15H,9,11,13-14H2,1-4H3/t15-/m0/s1. The second-order valence-electron chi connectivity index (χ2n) is 6.06. The van der Waals surface area contributed by atoms with E-state index >= 15 is 0 Å². The maximum atomic E-state index is 12.9. The quantitative estimate of drug-likeness (QED) is 0.701. The summed E-state index contributed by atoms with van der Waals surface area (Å²) in [7, 11) is 3.29. The van der Waals surface area contributed by atoms with Gasteiger partial charge in [-0.05, 0) is 19.9 Å². The van der Waals surface area contributed by atoms with Crippen LogP contribution in [0.15, 0.2) is 36.7 Å². The van der Waals surface area contributed by atoms with Crippen LogP contribution in [0, 0.1) is 6.92 Å². The number of imidazole rings is 1. The van der Waals surface area contributed by atoms with Crippen LogP contribution < -0.4 is 4.74 Å². The molecule has 0 unspecified atom stereocenters. The average Bonchev–Trinajstić information content (AvgIpc) is 3.03. The molecule has 1 amide bonds. The van der Waals surface area contributed by atoms with Gasteiger partial charge in [-0.2, -0.15) is 0 Å². The minimum absolute atomic E-state index is 0.0219. The Morgan fingerprint density at radius 1 is 1.32 bits per heavy atom. The Balaban J connectivity index is 2.11. The van der Waals surface area contributed by atoms with Gasteiger partial charge in [0.1, 0.15) is 11.6 Å². The maximum absolute atomic E-state index is 12.9. The number of para-hydroxylation sites is 1. The van der Waals surface area contributed by atoms with E-state index in [0.29, 0.717) is 26.1 Å². The van der Waals surface area contributed by atoms with Crippen molar-refractivity contribution in [2.45, 2.75) is 39.4 Å². The van der Waals surface area contributed by atoms with Crippen molar-refractivity contribution in [2.24, 2.45) is 0 Å². The van der Waals surface area contributed by atoms with Crippen LogP contribution in [0.1, 0.15) is 24.7 Å². The third-order valence-corrected chi connectivity index (χ3v) is 4.28. The highest BCUT2D eigenvalue weighted by molar-refractivity contribution is 5.76. The Morgan fingerprint density at radius 2 is 2.08 bits per heavy atom. The smallest absolute Gasteiger partial charge is 0.224 e. The van der Waals surface area contributed by atoms with Crippen molar-refractivity contribution < 1.29 is 14.3 Å². The molecule has 0 aliphatic carbocycles. The molecule has 25 heavy (non-hydrogen) atoms. The van der Waals surface area contributed by atoms with Crippen molar-refractivity contribution in [1.82, 2.24) is 14.5 Å². The summed E-state index contributed by atoms with van der Waals surface area (Å²) in [6.07, 6.45) is 4.06. The number of hydrogen-bond acceptors (Lipinski definition) is 4. The van der Waals surface area contributed by atoms with Crippen LogP contribution in [0.4, 0.5) is 0 Å². The van der Waals surface area contributed by atoms with E-state index in [-0.39, 0.29) is 11.9 Å². The van der Waals surface area contributed by atoms with Gasteiger partial charge in [0, 0.05) is 44.6 Å². The second-order valence-corrected chi connectivity index (χ2v) is 6.06. The van der Waals surface area contributed by atoms with Crippen LogP contribution >= 0.6 is 0 Å². The molecular formula is C19H27N3O3. The third kappa shape index (κ3) is 5.06. The molecule has 2 aromatic rings. The van der Waals surface area contributed by atoms with Gasteiger partial charge in [0.05, 0.1) is 19.8 Å². The first-order chi connectivity index (χ1) is 12.1. The number of ether oxygens (including phenoxy) is 2. The van der Waals surface area contributed by atoms with E-state index in [4.69, 9.17) is 9.47 Å². The van der Waals surface area contributed by atoms with E-state index in [0.717, 1.165) is 17.1 Å². The van der Waals surface area contributed by atoms with E-state index in [9.17, 15) is 4.79 Å². The monoisotopic (exact) mass is 345 g/mol. The topological polar surface area (TPSA) is 56.6 Å². The first-order valence-corrected chi connectivity index (χ1v) is 8.44. The lowest BCUT2D eigenvalue weighted by molar-refractivity contribution is -0.135. The van der Waals surface area contributed by atoms with Gasteiger partial charge in [0.25, 0.3) is 0 Å². The molecule has 0 fully saturated rings. The molecule has 1 atom stereocenters. The Labute approximate surface area is 149 Å². The first kappa shape index (κ1) is 19.0. The normalized spacial score (nSPS) is 12.0. The minimum Gasteiger partial charge on any atom is -0.496 e. The number of carbonyl (C=O) groups excluding carboxylic acids is 1. The molecule has 0 aliphatic heterocycles. The van der Waals surface area contributed by atoms with Gasteiger partial charge in [-0.25, -0.2) is 4.98 Å². The molecule has 0 saturated carbocycles. The summed E-state index contributed by atoms with van der Waals surface area (Å²) in [5.41, 5.74) is 0.986. The van der Waals surface area contributed by atoms with Crippen LogP contribution in [0.5, 0.6) is 5.75 Å². The zero-order chi connectivity index (χ0) is 18.2. The molecule has 0 bridgehead atoms. The molecule has 136 valence electrons. The van der Waals surface area contributed by atoms with Crippen molar-refractivity contribution >= 4 is 5.91 Å². The van der Waals surface area contributed by atoms with E-state index in [2.05, 4.69) is 4.98 Å². The number of hydrogen-bond donors (Lipinski definition) is 0. The van der Waals surface area contributed by atoms with Gasteiger partial charge in [0.2, 0.25) is 5.91 Å². The Kier molecular flexibility index (Phi) is 7.01. The minimum atomic E-state index is -0.0219. The molecule has 1 heterocycles. The predicted octanol–water partition coefficient (Wildman–Crippen LogP) is 2.65. The van der Waals surface area contributed by atoms with Gasteiger partial charge >= 0.3 is 0 Å². The summed E-state index contributed by atoms with van der Waals surface area (Å²) in [6.45, 7) is 5.54. The van der Waals surface area contributed by atoms with Gasteiger partial charge in [-0.1, -0.05) is 18.2 Å². The molecule has 0 aliphatic rings. The molecule has 0 spiro atoms. The van der Waals surface area contributed by atoms with Gasteiger partial charge in [-0.15, -0.1) is 0 Å². The van der Waals surface area contributed by atoms with Crippen LogP contribution in [0.2, 0.25) is 0 Å². The average molecular weight is 345 g/mol. The van der Waals surface area contributed by atoms with Gasteiger partial charge < -0.3 is 18.9 Å². The van der Waals surface area contributed by atoms with Crippen LogP contribution in [-0.2, 0) is 22.6 Å². The number of aromatic nitrogens is 2. The highest BCUT2D eigenvalue weighted by Gasteiger charge is 2.21. The SMILES string of the molecule is COC[C@H](C)N(Cc1ccccc1OC)C(=O)CCn1ccnc1C. The zero-order valence-corrected chi connectivity index (χ0v) is 15.4. The largest absolute Gasteiger partial charge is 0.496 e. The fourth-order valence-electron chi connectivity index (χ4n) is 2.84. The fraction of sp³-hybridized carbons (Fsp3) is 0.474. The van der Waals surface area contributed by atoms with Crippen molar-refractivity contribution in [1.29, 1.82) is 0 Å². The molecule has 0 saturated heterocycles. The summed E-state index contributed by atoms with van der Waals surface area (Å²) >= 11 is 0. The molecule has 6 heteroatoms. The van der Waals surface area contributed by atoms with E-state index in [1.165, 1.54) is 0 Å². The van der Waals surface area contributed by atoms with Crippen molar-refractivity contribution in [3.63, 3.8) is 0 Å². The van der Waals surface area contributed by atoms with E-state index < -0.39 is 0 Å². The van der Waals surface area contributed by atoms with Crippen molar-refractivity contribution in [3.05, 3.63) is 48.0 Å². The van der Waals surface area contributed by atoms with E-state index in [1.54, 1.807) is 20.4 Å². The van der Waals surface area contributed by atoms with Crippen LogP contribution in [0.25, 0.3) is 0 Å². The summed E-state index contributed by atoms with van der Waals surface area (Å²) in [6, 6.07) is 7.75. The number of nitrogens with zero attached hydrogens (tertiary/aromatic N) is 3. The van der Waals surface area contributed by atoms with Crippen molar-refractivity contribution in [3.8, 4) is 5.75 Å². The Hall–Kier alpha value is -2.34. The lowest BCUT2D eigenvalue weighted by Crippen LogP contribution is -2.41. The highest BCUT2D eigenvalue weighted by Crippen LogP contribution is 2.21. The molecule has 2 rings (SSSR count). The summed E-state index contributed by atoms with van der Waals surface area (Å²) in [5.74, 6) is 1.79. The summed E-state index contributed by atoms with van der Waals surface area (Å²) in [4.78, 5) is 18.9. The zero-order valence-electron chi connectivity index (χ0n) is 15.4.